The number of rotatable bonds is 4. The SMILES string of the molecule is CC(C)(N)C(=O)Nc1ccc(CC(=O)O)cc1. The van der Waals surface area contributed by atoms with Crippen LogP contribution in [0.5, 0.6) is 0 Å². The Morgan fingerprint density at radius 1 is 1.29 bits per heavy atom. The summed E-state index contributed by atoms with van der Waals surface area (Å²) in [7, 11) is 0. The summed E-state index contributed by atoms with van der Waals surface area (Å²) in [5.41, 5.74) is 5.97. The number of carboxylic acids is 1. The molecule has 0 saturated carbocycles. The van der Waals surface area contributed by atoms with Gasteiger partial charge in [-0.1, -0.05) is 12.1 Å². The lowest BCUT2D eigenvalue weighted by Crippen LogP contribution is -2.45. The van der Waals surface area contributed by atoms with Gasteiger partial charge in [0, 0.05) is 5.69 Å². The van der Waals surface area contributed by atoms with E-state index in [-0.39, 0.29) is 12.3 Å². The zero-order valence-electron chi connectivity index (χ0n) is 9.86. The predicted octanol–water partition coefficient (Wildman–Crippen LogP) is 0.989. The quantitative estimate of drug-likeness (QED) is 0.726. The Bertz CT molecular complexity index is 418. The van der Waals surface area contributed by atoms with Gasteiger partial charge in [-0.25, -0.2) is 0 Å². The molecule has 0 spiro atoms. The van der Waals surface area contributed by atoms with Crippen molar-refractivity contribution in [3.05, 3.63) is 29.8 Å². The Kier molecular flexibility index (Phi) is 3.85. The van der Waals surface area contributed by atoms with E-state index < -0.39 is 11.5 Å². The Labute approximate surface area is 99.6 Å². The third kappa shape index (κ3) is 4.24. The van der Waals surface area contributed by atoms with Crippen molar-refractivity contribution in [3.8, 4) is 0 Å². The largest absolute Gasteiger partial charge is 0.481 e. The number of aliphatic carboxylic acids is 1. The van der Waals surface area contributed by atoms with E-state index in [0.717, 1.165) is 0 Å². The number of hydrogen-bond acceptors (Lipinski definition) is 3. The Hall–Kier alpha value is -1.88. The summed E-state index contributed by atoms with van der Waals surface area (Å²) < 4.78 is 0. The first-order valence-electron chi connectivity index (χ1n) is 5.20. The molecule has 0 saturated heterocycles. The van der Waals surface area contributed by atoms with Crippen LogP contribution in [0.3, 0.4) is 0 Å². The standard InChI is InChI=1S/C12H16N2O3/c1-12(2,13)11(17)14-9-5-3-8(4-6-9)7-10(15)16/h3-6H,7,13H2,1-2H3,(H,14,17)(H,15,16). The summed E-state index contributed by atoms with van der Waals surface area (Å²) >= 11 is 0. The fourth-order valence-electron chi connectivity index (χ4n) is 1.17. The molecule has 92 valence electrons. The Morgan fingerprint density at radius 3 is 2.24 bits per heavy atom. The van der Waals surface area contributed by atoms with E-state index in [1.807, 2.05) is 0 Å². The summed E-state index contributed by atoms with van der Waals surface area (Å²) in [4.78, 5) is 22.0. The van der Waals surface area contributed by atoms with Crippen LogP contribution >= 0.6 is 0 Å². The van der Waals surface area contributed by atoms with Gasteiger partial charge in [0.05, 0.1) is 12.0 Å². The maximum absolute atomic E-state index is 11.6. The first-order chi connectivity index (χ1) is 7.79. The van der Waals surface area contributed by atoms with Crippen LogP contribution in [0.25, 0.3) is 0 Å². The molecule has 1 rings (SSSR count). The number of hydrogen-bond donors (Lipinski definition) is 3. The zero-order valence-corrected chi connectivity index (χ0v) is 9.86. The second kappa shape index (κ2) is 4.97. The Balaban J connectivity index is 2.69. The maximum Gasteiger partial charge on any atom is 0.307 e. The van der Waals surface area contributed by atoms with Crippen molar-refractivity contribution in [2.24, 2.45) is 5.73 Å². The fourth-order valence-corrected chi connectivity index (χ4v) is 1.17. The normalized spacial score (nSPS) is 11.0. The van der Waals surface area contributed by atoms with Gasteiger partial charge < -0.3 is 16.2 Å². The van der Waals surface area contributed by atoms with Crippen molar-refractivity contribution >= 4 is 17.6 Å². The fraction of sp³-hybridized carbons (Fsp3) is 0.333. The second-order valence-electron chi connectivity index (χ2n) is 4.44. The van der Waals surface area contributed by atoms with E-state index in [2.05, 4.69) is 5.32 Å². The molecule has 1 aromatic carbocycles. The summed E-state index contributed by atoms with van der Waals surface area (Å²) in [6.07, 6.45) is -0.0311. The van der Waals surface area contributed by atoms with Gasteiger partial charge in [0.15, 0.2) is 0 Å². The van der Waals surface area contributed by atoms with Crippen molar-refractivity contribution in [2.45, 2.75) is 25.8 Å². The molecule has 0 aliphatic rings. The number of nitrogens with two attached hydrogens (primary N) is 1. The molecule has 0 fully saturated rings. The van der Waals surface area contributed by atoms with Crippen molar-refractivity contribution in [1.29, 1.82) is 0 Å². The van der Waals surface area contributed by atoms with E-state index >= 15 is 0 Å². The molecule has 5 heteroatoms. The van der Waals surface area contributed by atoms with Crippen LogP contribution in [-0.2, 0) is 16.0 Å². The monoisotopic (exact) mass is 236 g/mol. The van der Waals surface area contributed by atoms with Gasteiger partial charge >= 0.3 is 5.97 Å². The van der Waals surface area contributed by atoms with Crippen molar-refractivity contribution < 1.29 is 14.7 Å². The van der Waals surface area contributed by atoms with Crippen molar-refractivity contribution in [2.75, 3.05) is 5.32 Å². The third-order valence-electron chi connectivity index (χ3n) is 2.15. The smallest absolute Gasteiger partial charge is 0.307 e. The van der Waals surface area contributed by atoms with Crippen LogP contribution < -0.4 is 11.1 Å². The predicted molar refractivity (Wildman–Crippen MR) is 64.7 cm³/mol. The number of benzene rings is 1. The number of carboxylic acid groups (broad SMARTS) is 1. The second-order valence-corrected chi connectivity index (χ2v) is 4.44. The minimum Gasteiger partial charge on any atom is -0.481 e. The molecule has 0 bridgehead atoms. The first kappa shape index (κ1) is 13.2. The van der Waals surface area contributed by atoms with Crippen LogP contribution in [0.15, 0.2) is 24.3 Å². The molecule has 1 aromatic rings. The molecule has 0 aliphatic heterocycles. The lowest BCUT2D eigenvalue weighted by molar-refractivity contribution is -0.136. The Morgan fingerprint density at radius 2 is 1.82 bits per heavy atom. The molecular weight excluding hydrogens is 220 g/mol. The average molecular weight is 236 g/mol. The van der Waals surface area contributed by atoms with Gasteiger partial charge in [-0.3, -0.25) is 9.59 Å². The molecule has 0 aliphatic carbocycles. The molecule has 0 unspecified atom stereocenters. The molecule has 17 heavy (non-hydrogen) atoms. The van der Waals surface area contributed by atoms with E-state index in [1.165, 1.54) is 0 Å². The van der Waals surface area contributed by atoms with Crippen molar-refractivity contribution in [3.63, 3.8) is 0 Å². The van der Waals surface area contributed by atoms with Crippen LogP contribution in [-0.4, -0.2) is 22.5 Å². The van der Waals surface area contributed by atoms with Crippen molar-refractivity contribution in [1.82, 2.24) is 0 Å². The zero-order chi connectivity index (χ0) is 13.1. The van der Waals surface area contributed by atoms with Crippen LogP contribution in [0.4, 0.5) is 5.69 Å². The molecule has 0 aromatic heterocycles. The van der Waals surface area contributed by atoms with E-state index in [0.29, 0.717) is 11.3 Å². The number of nitrogens with one attached hydrogen (secondary N) is 1. The summed E-state index contributed by atoms with van der Waals surface area (Å²) in [6, 6.07) is 6.63. The number of carbonyl (C=O) groups is 2. The first-order valence-corrected chi connectivity index (χ1v) is 5.20. The van der Waals surface area contributed by atoms with Gasteiger partial charge in [-0.2, -0.15) is 0 Å². The number of anilines is 1. The van der Waals surface area contributed by atoms with Crippen LogP contribution in [0.2, 0.25) is 0 Å². The topological polar surface area (TPSA) is 92.4 Å². The lowest BCUT2D eigenvalue weighted by atomic mass is 10.1. The van der Waals surface area contributed by atoms with E-state index in [4.69, 9.17) is 10.8 Å². The highest BCUT2D eigenvalue weighted by molar-refractivity contribution is 5.97. The molecule has 4 N–H and O–H groups in total. The highest BCUT2D eigenvalue weighted by Crippen LogP contribution is 2.12. The van der Waals surface area contributed by atoms with Crippen LogP contribution in [0.1, 0.15) is 19.4 Å². The molecular formula is C12H16N2O3. The van der Waals surface area contributed by atoms with Crippen LogP contribution in [0, 0.1) is 0 Å². The highest BCUT2D eigenvalue weighted by Gasteiger charge is 2.21. The molecule has 0 radical (unpaired) electrons. The van der Waals surface area contributed by atoms with Gasteiger partial charge in [0.2, 0.25) is 5.91 Å². The third-order valence-corrected chi connectivity index (χ3v) is 2.15. The molecule has 5 nitrogen and oxygen atoms in total. The van der Waals surface area contributed by atoms with Gasteiger partial charge in [0.25, 0.3) is 0 Å². The minimum absolute atomic E-state index is 0.0311. The molecule has 0 atom stereocenters. The lowest BCUT2D eigenvalue weighted by Gasteiger charge is -2.17. The summed E-state index contributed by atoms with van der Waals surface area (Å²) in [6.45, 7) is 3.22. The highest BCUT2D eigenvalue weighted by atomic mass is 16.4. The van der Waals surface area contributed by atoms with Gasteiger partial charge in [-0.15, -0.1) is 0 Å². The average Bonchev–Trinajstić information content (AvgIpc) is 2.18. The number of amides is 1. The van der Waals surface area contributed by atoms with Gasteiger partial charge in [0.1, 0.15) is 0 Å². The summed E-state index contributed by atoms with van der Waals surface area (Å²) in [5.74, 6) is -1.17. The van der Waals surface area contributed by atoms with E-state index in [1.54, 1.807) is 38.1 Å². The molecule has 0 heterocycles. The summed E-state index contributed by atoms with van der Waals surface area (Å²) in [5, 5.41) is 11.3. The van der Waals surface area contributed by atoms with Gasteiger partial charge in [-0.05, 0) is 31.5 Å². The number of carbonyl (C=O) groups excluding carboxylic acids is 1. The maximum atomic E-state index is 11.6. The van der Waals surface area contributed by atoms with E-state index in [9.17, 15) is 9.59 Å². The molecule has 1 amide bonds. The minimum atomic E-state index is -0.945.